The van der Waals surface area contributed by atoms with Gasteiger partial charge in [-0.2, -0.15) is 5.26 Å². The summed E-state index contributed by atoms with van der Waals surface area (Å²) in [4.78, 5) is 18.6. The summed E-state index contributed by atoms with van der Waals surface area (Å²) < 4.78 is 7.80. The van der Waals surface area contributed by atoms with Crippen LogP contribution in [0.4, 0.5) is 0 Å². The molecule has 0 unspecified atom stereocenters. The number of hydrogen-bond donors (Lipinski definition) is 0. The molecule has 1 aliphatic rings. The minimum absolute atomic E-state index is 0.0486. The van der Waals surface area contributed by atoms with Crippen LogP contribution in [0.5, 0.6) is 5.75 Å². The van der Waals surface area contributed by atoms with Crippen molar-refractivity contribution in [2.75, 3.05) is 13.1 Å². The van der Waals surface area contributed by atoms with Gasteiger partial charge in [-0.3, -0.25) is 4.79 Å². The molecule has 1 aliphatic heterocycles. The lowest BCUT2D eigenvalue weighted by molar-refractivity contribution is -0.139. The number of hydrogen-bond acceptors (Lipinski definition) is 4. The molecule has 2 aromatic rings. The van der Waals surface area contributed by atoms with Crippen LogP contribution >= 0.6 is 0 Å². The minimum Gasteiger partial charge on any atom is -0.480 e. The monoisotopic (exact) mass is 324 g/mol. The zero-order chi connectivity index (χ0) is 16.9. The van der Waals surface area contributed by atoms with Crippen LogP contribution < -0.4 is 4.74 Å². The fraction of sp³-hybridized carbons (Fsp3) is 0.389. The summed E-state index contributed by atoms with van der Waals surface area (Å²) in [7, 11) is 0. The Hall–Kier alpha value is -2.81. The number of amides is 1. The van der Waals surface area contributed by atoms with Crippen LogP contribution in [0.25, 0.3) is 0 Å². The first-order valence-corrected chi connectivity index (χ1v) is 8.11. The zero-order valence-corrected chi connectivity index (χ0v) is 13.6. The molecule has 0 N–H and O–H groups in total. The van der Waals surface area contributed by atoms with Crippen LogP contribution in [0.15, 0.2) is 43.0 Å². The predicted octanol–water partition coefficient (Wildman–Crippen LogP) is 2.39. The van der Waals surface area contributed by atoms with Crippen LogP contribution in [0.3, 0.4) is 0 Å². The van der Waals surface area contributed by atoms with Gasteiger partial charge in [0, 0.05) is 25.5 Å². The Labute approximate surface area is 141 Å². The number of benzene rings is 1. The maximum Gasteiger partial charge on any atom is 0.263 e. The van der Waals surface area contributed by atoms with Gasteiger partial charge in [-0.1, -0.05) is 12.1 Å². The molecule has 0 radical (unpaired) electrons. The highest BCUT2D eigenvalue weighted by Gasteiger charge is 2.28. The molecule has 2 heterocycles. The number of likely N-dealkylation sites (tertiary alicyclic amines) is 1. The fourth-order valence-electron chi connectivity index (χ4n) is 3.04. The van der Waals surface area contributed by atoms with Crippen LogP contribution in [0, 0.1) is 11.3 Å². The SMILES string of the molecule is C[C@H](Oc1ccccc1C#N)C(=O)N1CCC[C@H](n2ccnc2)C1. The van der Waals surface area contributed by atoms with Gasteiger partial charge in [0.2, 0.25) is 0 Å². The molecule has 1 amide bonds. The molecule has 1 aromatic heterocycles. The number of nitriles is 1. The molecule has 1 fully saturated rings. The highest BCUT2D eigenvalue weighted by Crippen LogP contribution is 2.23. The number of ether oxygens (including phenoxy) is 1. The predicted molar refractivity (Wildman–Crippen MR) is 88.3 cm³/mol. The first kappa shape index (κ1) is 16.1. The highest BCUT2D eigenvalue weighted by atomic mass is 16.5. The van der Waals surface area contributed by atoms with E-state index in [1.807, 2.05) is 11.1 Å². The minimum atomic E-state index is -0.624. The molecule has 3 rings (SSSR count). The lowest BCUT2D eigenvalue weighted by atomic mass is 10.0. The zero-order valence-electron chi connectivity index (χ0n) is 13.6. The summed E-state index contributed by atoms with van der Waals surface area (Å²) in [6.45, 7) is 3.12. The van der Waals surface area contributed by atoms with Crippen molar-refractivity contribution in [3.05, 3.63) is 48.5 Å². The lowest BCUT2D eigenvalue weighted by Crippen LogP contribution is -2.46. The second kappa shape index (κ2) is 7.18. The van der Waals surface area contributed by atoms with E-state index in [1.54, 1.807) is 43.7 Å². The summed E-state index contributed by atoms with van der Waals surface area (Å²) >= 11 is 0. The number of para-hydroxylation sites is 1. The number of rotatable bonds is 4. The molecule has 1 aromatic carbocycles. The van der Waals surface area contributed by atoms with Crippen LogP contribution in [0.2, 0.25) is 0 Å². The molecule has 2 atom stereocenters. The van der Waals surface area contributed by atoms with Crippen molar-refractivity contribution in [2.45, 2.75) is 31.9 Å². The van der Waals surface area contributed by atoms with E-state index in [-0.39, 0.29) is 11.9 Å². The van der Waals surface area contributed by atoms with Crippen molar-refractivity contribution >= 4 is 5.91 Å². The van der Waals surface area contributed by atoms with Crippen molar-refractivity contribution in [1.29, 1.82) is 5.26 Å². The van der Waals surface area contributed by atoms with Crippen molar-refractivity contribution < 1.29 is 9.53 Å². The van der Waals surface area contributed by atoms with Gasteiger partial charge < -0.3 is 14.2 Å². The van der Waals surface area contributed by atoms with Crippen LogP contribution in [-0.2, 0) is 4.79 Å². The van der Waals surface area contributed by atoms with Gasteiger partial charge in [0.25, 0.3) is 5.91 Å². The number of nitrogens with zero attached hydrogens (tertiary/aromatic N) is 4. The summed E-state index contributed by atoms with van der Waals surface area (Å²) in [5.41, 5.74) is 0.437. The summed E-state index contributed by atoms with van der Waals surface area (Å²) in [6, 6.07) is 9.31. The van der Waals surface area contributed by atoms with Crippen LogP contribution in [-0.4, -0.2) is 39.6 Å². The molecule has 1 saturated heterocycles. The lowest BCUT2D eigenvalue weighted by Gasteiger charge is -2.34. The number of carbonyl (C=O) groups is 1. The molecule has 6 nitrogen and oxygen atoms in total. The molecule has 0 bridgehead atoms. The van der Waals surface area contributed by atoms with Gasteiger partial charge in [-0.05, 0) is 31.9 Å². The van der Waals surface area contributed by atoms with Gasteiger partial charge in [0.1, 0.15) is 11.8 Å². The Balaban J connectivity index is 1.66. The van der Waals surface area contributed by atoms with Crippen molar-refractivity contribution in [3.8, 4) is 11.8 Å². The molecule has 0 saturated carbocycles. The third-order valence-electron chi connectivity index (χ3n) is 4.31. The molecule has 6 heteroatoms. The van der Waals surface area contributed by atoms with Crippen molar-refractivity contribution in [1.82, 2.24) is 14.5 Å². The second-order valence-electron chi connectivity index (χ2n) is 5.96. The van der Waals surface area contributed by atoms with Gasteiger partial charge >= 0.3 is 0 Å². The maximum absolute atomic E-state index is 12.7. The summed E-state index contributed by atoms with van der Waals surface area (Å²) in [5, 5.41) is 9.12. The number of carbonyl (C=O) groups excluding carboxylic acids is 1. The maximum atomic E-state index is 12.7. The molecular weight excluding hydrogens is 304 g/mol. The summed E-state index contributed by atoms with van der Waals surface area (Å²) in [5.74, 6) is 0.400. The second-order valence-corrected chi connectivity index (χ2v) is 5.96. The standard InChI is InChI=1S/C18H20N4O2/c1-14(24-17-7-3-2-5-15(17)11-19)18(23)21-9-4-6-16(12-21)22-10-8-20-13-22/h2-3,5,7-8,10,13-14,16H,4,6,9,12H2,1H3/t14-,16-/m0/s1. The Kier molecular flexibility index (Phi) is 4.80. The molecule has 24 heavy (non-hydrogen) atoms. The Morgan fingerprint density at radius 3 is 3.04 bits per heavy atom. The van der Waals surface area contributed by atoms with Gasteiger partial charge in [-0.25, -0.2) is 4.98 Å². The first-order valence-electron chi connectivity index (χ1n) is 8.11. The van der Waals surface area contributed by atoms with E-state index in [1.165, 1.54) is 0 Å². The molecule has 0 spiro atoms. The average molecular weight is 324 g/mol. The van der Waals surface area contributed by atoms with Crippen LogP contribution in [0.1, 0.15) is 31.4 Å². The Morgan fingerprint density at radius 1 is 1.46 bits per heavy atom. The number of piperidine rings is 1. The normalized spacial score (nSPS) is 18.7. The van der Waals surface area contributed by atoms with E-state index in [2.05, 4.69) is 15.6 Å². The van der Waals surface area contributed by atoms with E-state index in [0.717, 1.165) is 19.4 Å². The molecule has 0 aliphatic carbocycles. The number of imidazole rings is 1. The fourth-order valence-corrected chi connectivity index (χ4v) is 3.04. The average Bonchev–Trinajstić information content (AvgIpc) is 3.16. The van der Waals surface area contributed by atoms with E-state index in [9.17, 15) is 4.79 Å². The smallest absolute Gasteiger partial charge is 0.263 e. The van der Waals surface area contributed by atoms with Crippen molar-refractivity contribution in [2.24, 2.45) is 0 Å². The van der Waals surface area contributed by atoms with E-state index >= 15 is 0 Å². The third-order valence-corrected chi connectivity index (χ3v) is 4.31. The number of aromatic nitrogens is 2. The quantitative estimate of drug-likeness (QED) is 0.866. The molecule has 124 valence electrons. The van der Waals surface area contributed by atoms with Gasteiger partial charge in [0.15, 0.2) is 6.10 Å². The molecular formula is C18H20N4O2. The van der Waals surface area contributed by atoms with E-state index < -0.39 is 6.10 Å². The Morgan fingerprint density at radius 2 is 2.29 bits per heavy atom. The highest BCUT2D eigenvalue weighted by molar-refractivity contribution is 5.81. The topological polar surface area (TPSA) is 71.2 Å². The van der Waals surface area contributed by atoms with E-state index in [4.69, 9.17) is 10.00 Å². The van der Waals surface area contributed by atoms with Gasteiger partial charge in [-0.15, -0.1) is 0 Å². The van der Waals surface area contributed by atoms with E-state index in [0.29, 0.717) is 17.9 Å². The largest absolute Gasteiger partial charge is 0.480 e. The first-order chi connectivity index (χ1) is 11.7. The Bertz CT molecular complexity index is 736. The van der Waals surface area contributed by atoms with Crippen molar-refractivity contribution in [3.63, 3.8) is 0 Å². The summed E-state index contributed by atoms with van der Waals surface area (Å²) in [6.07, 6.45) is 6.85. The van der Waals surface area contributed by atoms with Gasteiger partial charge in [0.05, 0.1) is 17.9 Å². The third kappa shape index (κ3) is 3.40.